The number of nitrogens with zero attached hydrogens (tertiary/aromatic N) is 3. The van der Waals surface area contributed by atoms with Crippen LogP contribution in [-0.4, -0.2) is 21.8 Å². The Morgan fingerprint density at radius 1 is 1.14 bits per heavy atom. The summed E-state index contributed by atoms with van der Waals surface area (Å²) in [5.41, 5.74) is 4.84. The highest BCUT2D eigenvalue weighted by Crippen LogP contribution is 2.36. The Hall–Kier alpha value is -4.08. The van der Waals surface area contributed by atoms with Crippen LogP contribution in [-0.2, 0) is 4.79 Å². The Morgan fingerprint density at radius 2 is 1.97 bits per heavy atom. The van der Waals surface area contributed by atoms with Crippen molar-refractivity contribution in [1.29, 1.82) is 5.26 Å². The molecule has 35 heavy (non-hydrogen) atoms. The number of ketones is 2. The van der Waals surface area contributed by atoms with Gasteiger partial charge in [0.2, 0.25) is 0 Å². The van der Waals surface area contributed by atoms with Gasteiger partial charge in [0.25, 0.3) is 0 Å². The summed E-state index contributed by atoms with van der Waals surface area (Å²) in [5.74, 6) is 0.633. The van der Waals surface area contributed by atoms with Crippen LogP contribution in [0.25, 0.3) is 11.1 Å². The maximum Gasteiger partial charge on any atom is 0.163 e. The van der Waals surface area contributed by atoms with Crippen LogP contribution >= 0.6 is 11.6 Å². The minimum atomic E-state index is -0.109. The predicted molar refractivity (Wildman–Crippen MR) is 133 cm³/mol. The molecule has 3 aromatic rings. The van der Waals surface area contributed by atoms with E-state index in [1.807, 2.05) is 19.9 Å². The number of nitriles is 1. The zero-order valence-corrected chi connectivity index (χ0v) is 20.1. The molecule has 1 aliphatic rings. The number of hydrogen-bond donors (Lipinski definition) is 0. The summed E-state index contributed by atoms with van der Waals surface area (Å²) in [6.07, 6.45) is 6.13. The lowest BCUT2D eigenvalue weighted by Crippen LogP contribution is -2.11. The molecular weight excluding hydrogens is 462 g/mol. The number of rotatable bonds is 7. The van der Waals surface area contributed by atoms with Crippen molar-refractivity contribution in [2.45, 2.75) is 33.1 Å². The smallest absolute Gasteiger partial charge is 0.163 e. The van der Waals surface area contributed by atoms with Crippen LogP contribution in [0.5, 0.6) is 11.5 Å². The third kappa shape index (κ3) is 5.37. The summed E-state index contributed by atoms with van der Waals surface area (Å²) in [6, 6.07) is 14.0. The highest BCUT2D eigenvalue weighted by Gasteiger charge is 2.19. The number of Topliss-reactive ketones (excluding diaryl/α,β-unsaturated/α-hetero) is 2. The molecule has 0 aliphatic heterocycles. The van der Waals surface area contributed by atoms with Gasteiger partial charge in [-0.15, -0.1) is 0 Å². The Morgan fingerprint density at radius 3 is 2.66 bits per heavy atom. The van der Waals surface area contributed by atoms with Crippen LogP contribution in [0.2, 0.25) is 5.02 Å². The average Bonchev–Trinajstić information content (AvgIpc) is 2.84. The van der Waals surface area contributed by atoms with E-state index in [1.165, 1.54) is 0 Å². The van der Waals surface area contributed by atoms with E-state index < -0.39 is 0 Å². The molecule has 0 atom stereocenters. The molecule has 2 aromatic carbocycles. The number of aromatic nitrogens is 2. The van der Waals surface area contributed by atoms with Crippen LogP contribution in [0, 0.1) is 11.3 Å². The van der Waals surface area contributed by atoms with Crippen LogP contribution in [0.3, 0.4) is 0 Å². The second-order valence-electron chi connectivity index (χ2n) is 8.34. The number of ether oxygens (including phenoxy) is 1. The Bertz CT molecular complexity index is 1420. The standard InChI is InChI=1S/C28H22ClN3O3/c1-17-12-18(2)21(26(34)13-17)7-8-25(33)19-6-9-28(24(29)14-19)35-27-5-3-4-22(23(27)15-30)20-10-11-31-32-16-20/h3-6,9-12,14,16H,7-8,13H2,1-2H3. The largest absolute Gasteiger partial charge is 0.454 e. The van der Waals surface area contributed by atoms with Crippen LogP contribution in [0.1, 0.15) is 49.0 Å². The Labute approximate surface area is 208 Å². The highest BCUT2D eigenvalue weighted by molar-refractivity contribution is 6.32. The summed E-state index contributed by atoms with van der Waals surface area (Å²) in [4.78, 5) is 25.1. The van der Waals surface area contributed by atoms with Crippen LogP contribution in [0.15, 0.2) is 77.7 Å². The molecular formula is C28H22ClN3O3. The highest BCUT2D eigenvalue weighted by atomic mass is 35.5. The van der Waals surface area contributed by atoms with Crippen LogP contribution < -0.4 is 4.74 Å². The van der Waals surface area contributed by atoms with Gasteiger partial charge < -0.3 is 4.74 Å². The molecule has 1 aliphatic carbocycles. The fraction of sp³-hybridized carbons (Fsp3) is 0.179. The first kappa shape index (κ1) is 24.1. The van der Waals surface area contributed by atoms with Gasteiger partial charge in [0.05, 0.1) is 17.4 Å². The van der Waals surface area contributed by atoms with Crippen molar-refractivity contribution >= 4 is 23.2 Å². The zero-order chi connectivity index (χ0) is 24.9. The maximum atomic E-state index is 12.8. The Balaban J connectivity index is 1.52. The minimum absolute atomic E-state index is 0.0788. The van der Waals surface area contributed by atoms with E-state index in [-0.39, 0.29) is 23.0 Å². The first-order valence-electron chi connectivity index (χ1n) is 11.1. The van der Waals surface area contributed by atoms with Gasteiger partial charge in [0.15, 0.2) is 11.6 Å². The molecule has 6 nitrogen and oxygen atoms in total. The lowest BCUT2D eigenvalue weighted by molar-refractivity contribution is -0.115. The summed E-state index contributed by atoms with van der Waals surface area (Å²) in [7, 11) is 0. The second kappa shape index (κ2) is 10.5. The van der Waals surface area contributed by atoms with E-state index in [0.717, 1.165) is 16.7 Å². The quantitative estimate of drug-likeness (QED) is 0.349. The molecule has 4 rings (SSSR count). The first-order chi connectivity index (χ1) is 16.9. The van der Waals surface area contributed by atoms with Gasteiger partial charge in [-0.1, -0.05) is 35.4 Å². The van der Waals surface area contributed by atoms with Gasteiger partial charge in [0.1, 0.15) is 23.1 Å². The van der Waals surface area contributed by atoms with Crippen molar-refractivity contribution in [3.63, 3.8) is 0 Å². The van der Waals surface area contributed by atoms with Crippen molar-refractivity contribution in [2.24, 2.45) is 0 Å². The van der Waals surface area contributed by atoms with E-state index in [9.17, 15) is 14.9 Å². The SMILES string of the molecule is CC1=CC(C)=C(CCC(=O)c2ccc(Oc3cccc(-c4ccnnc4)c3C#N)c(Cl)c2)C(=O)C1. The fourth-order valence-corrected chi connectivity index (χ4v) is 4.32. The fourth-order valence-electron chi connectivity index (χ4n) is 4.10. The van der Waals surface area contributed by atoms with Crippen molar-refractivity contribution < 1.29 is 14.3 Å². The molecule has 1 heterocycles. The third-order valence-corrected chi connectivity index (χ3v) is 6.12. The van der Waals surface area contributed by atoms with E-state index in [0.29, 0.717) is 46.6 Å². The first-order valence-corrected chi connectivity index (χ1v) is 11.5. The van der Waals surface area contributed by atoms with Gasteiger partial charge in [-0.2, -0.15) is 15.5 Å². The number of halogens is 1. The Kier molecular flexibility index (Phi) is 7.19. The molecule has 0 fully saturated rings. The van der Waals surface area contributed by atoms with Crippen molar-refractivity contribution in [3.05, 3.63) is 93.8 Å². The molecule has 0 radical (unpaired) electrons. The molecule has 1 aromatic heterocycles. The average molecular weight is 484 g/mol. The molecule has 0 N–H and O–H groups in total. The minimum Gasteiger partial charge on any atom is -0.454 e. The molecule has 0 amide bonds. The monoisotopic (exact) mass is 483 g/mol. The third-order valence-electron chi connectivity index (χ3n) is 5.82. The number of carbonyl (C=O) groups excluding carboxylic acids is 2. The zero-order valence-electron chi connectivity index (χ0n) is 19.3. The molecule has 0 unspecified atom stereocenters. The summed E-state index contributed by atoms with van der Waals surface area (Å²) >= 11 is 6.44. The molecule has 0 bridgehead atoms. The topological polar surface area (TPSA) is 92.9 Å². The molecule has 174 valence electrons. The number of allylic oxidation sites excluding steroid dienone is 4. The van der Waals surface area contributed by atoms with E-state index in [4.69, 9.17) is 16.3 Å². The summed E-state index contributed by atoms with van der Waals surface area (Å²) in [5, 5.41) is 17.7. The van der Waals surface area contributed by atoms with E-state index in [2.05, 4.69) is 16.3 Å². The predicted octanol–water partition coefficient (Wildman–Crippen LogP) is 6.66. The van der Waals surface area contributed by atoms with E-state index >= 15 is 0 Å². The second-order valence-corrected chi connectivity index (χ2v) is 8.75. The van der Waals surface area contributed by atoms with Gasteiger partial charge in [0, 0.05) is 29.5 Å². The molecule has 0 spiro atoms. The molecule has 0 saturated heterocycles. The molecule has 0 saturated carbocycles. The number of carbonyl (C=O) groups is 2. The van der Waals surface area contributed by atoms with Gasteiger partial charge >= 0.3 is 0 Å². The number of hydrogen-bond acceptors (Lipinski definition) is 6. The lowest BCUT2D eigenvalue weighted by atomic mass is 9.89. The normalized spacial score (nSPS) is 13.3. The maximum absolute atomic E-state index is 12.8. The van der Waals surface area contributed by atoms with E-state index in [1.54, 1.807) is 54.9 Å². The lowest BCUT2D eigenvalue weighted by Gasteiger charge is -2.15. The van der Waals surface area contributed by atoms with Crippen molar-refractivity contribution in [2.75, 3.05) is 0 Å². The number of benzene rings is 2. The van der Waals surface area contributed by atoms with Gasteiger partial charge in [-0.3, -0.25) is 9.59 Å². The molecule has 7 heteroatoms. The van der Waals surface area contributed by atoms with Gasteiger partial charge in [-0.05, 0) is 61.7 Å². The summed E-state index contributed by atoms with van der Waals surface area (Å²) in [6.45, 7) is 3.83. The van der Waals surface area contributed by atoms with Gasteiger partial charge in [-0.25, -0.2) is 0 Å². The van der Waals surface area contributed by atoms with Crippen molar-refractivity contribution in [3.8, 4) is 28.7 Å². The summed E-state index contributed by atoms with van der Waals surface area (Å²) < 4.78 is 5.96. The van der Waals surface area contributed by atoms with Crippen LogP contribution in [0.4, 0.5) is 0 Å². The van der Waals surface area contributed by atoms with Crippen molar-refractivity contribution in [1.82, 2.24) is 10.2 Å².